The van der Waals surface area contributed by atoms with Crippen LogP contribution in [0.1, 0.15) is 30.4 Å². The van der Waals surface area contributed by atoms with Gasteiger partial charge in [-0.05, 0) is 31.0 Å². The van der Waals surface area contributed by atoms with Gasteiger partial charge in [-0.2, -0.15) is 0 Å². The van der Waals surface area contributed by atoms with Crippen molar-refractivity contribution in [2.45, 2.75) is 33.4 Å². The SMILES string of the molecule is CCCNCc1nnc(N(C)Cc2ccccc2C)o1. The fraction of sp³-hybridized carbons (Fsp3) is 0.467. The van der Waals surface area contributed by atoms with Crippen LogP contribution in [0, 0.1) is 6.92 Å². The first-order valence-electron chi connectivity index (χ1n) is 6.99. The van der Waals surface area contributed by atoms with Crippen LogP contribution in [-0.4, -0.2) is 23.8 Å². The lowest BCUT2D eigenvalue weighted by Gasteiger charge is -2.15. The molecule has 0 saturated heterocycles. The third-order valence-corrected chi connectivity index (χ3v) is 3.15. The van der Waals surface area contributed by atoms with Gasteiger partial charge in [0.2, 0.25) is 5.89 Å². The Morgan fingerprint density at radius 2 is 2.05 bits per heavy atom. The molecule has 0 fully saturated rings. The Hall–Kier alpha value is -1.88. The molecule has 0 spiro atoms. The standard InChI is InChI=1S/C15H22N4O/c1-4-9-16-10-14-17-18-15(20-14)19(3)11-13-8-6-5-7-12(13)2/h5-8,16H,4,9-11H2,1-3H3. The highest BCUT2D eigenvalue weighted by Crippen LogP contribution is 2.15. The predicted octanol–water partition coefficient (Wildman–Crippen LogP) is 2.51. The summed E-state index contributed by atoms with van der Waals surface area (Å²) in [6.07, 6.45) is 1.09. The number of hydrogen-bond acceptors (Lipinski definition) is 5. The number of aryl methyl sites for hydroxylation is 1. The van der Waals surface area contributed by atoms with Gasteiger partial charge in [0.15, 0.2) is 0 Å². The minimum absolute atomic E-state index is 0.557. The van der Waals surface area contributed by atoms with E-state index in [1.165, 1.54) is 11.1 Å². The summed E-state index contributed by atoms with van der Waals surface area (Å²) in [6.45, 7) is 6.58. The number of hydrogen-bond donors (Lipinski definition) is 1. The van der Waals surface area contributed by atoms with Crippen LogP contribution in [0.3, 0.4) is 0 Å². The van der Waals surface area contributed by atoms with Gasteiger partial charge in [0.05, 0.1) is 6.54 Å². The second-order valence-corrected chi connectivity index (χ2v) is 4.94. The summed E-state index contributed by atoms with van der Waals surface area (Å²) in [5, 5.41) is 11.4. The Morgan fingerprint density at radius 3 is 2.80 bits per heavy atom. The number of benzene rings is 1. The molecule has 0 radical (unpaired) electrons. The third-order valence-electron chi connectivity index (χ3n) is 3.15. The van der Waals surface area contributed by atoms with Crippen molar-refractivity contribution in [3.63, 3.8) is 0 Å². The van der Waals surface area contributed by atoms with Crippen LogP contribution < -0.4 is 10.2 Å². The van der Waals surface area contributed by atoms with E-state index in [1.54, 1.807) is 0 Å². The molecule has 20 heavy (non-hydrogen) atoms. The molecule has 1 N–H and O–H groups in total. The maximum atomic E-state index is 5.65. The van der Waals surface area contributed by atoms with Crippen molar-refractivity contribution in [3.05, 3.63) is 41.3 Å². The molecular formula is C15H22N4O. The second kappa shape index (κ2) is 7.05. The maximum Gasteiger partial charge on any atom is 0.318 e. The highest BCUT2D eigenvalue weighted by atomic mass is 16.4. The zero-order valence-corrected chi connectivity index (χ0v) is 12.4. The zero-order chi connectivity index (χ0) is 14.4. The van der Waals surface area contributed by atoms with E-state index in [2.05, 4.69) is 41.5 Å². The van der Waals surface area contributed by atoms with Gasteiger partial charge in [-0.25, -0.2) is 0 Å². The molecule has 0 aliphatic rings. The summed E-state index contributed by atoms with van der Waals surface area (Å²) < 4.78 is 5.65. The quantitative estimate of drug-likeness (QED) is 0.786. The van der Waals surface area contributed by atoms with E-state index in [-0.39, 0.29) is 0 Å². The molecule has 0 aliphatic carbocycles. The van der Waals surface area contributed by atoms with Crippen molar-refractivity contribution >= 4 is 6.01 Å². The largest absolute Gasteiger partial charge is 0.407 e. The van der Waals surface area contributed by atoms with Gasteiger partial charge in [0, 0.05) is 13.6 Å². The van der Waals surface area contributed by atoms with E-state index < -0.39 is 0 Å². The second-order valence-electron chi connectivity index (χ2n) is 4.94. The smallest absolute Gasteiger partial charge is 0.318 e. The maximum absolute atomic E-state index is 5.65. The van der Waals surface area contributed by atoms with Crippen molar-refractivity contribution in [2.75, 3.05) is 18.5 Å². The summed E-state index contributed by atoms with van der Waals surface area (Å²) in [5.41, 5.74) is 2.53. The van der Waals surface area contributed by atoms with E-state index in [1.807, 2.05) is 24.1 Å². The lowest BCUT2D eigenvalue weighted by molar-refractivity contribution is 0.465. The molecular weight excluding hydrogens is 252 g/mol. The Kier molecular flexibility index (Phi) is 5.12. The molecule has 2 aromatic rings. The number of aromatic nitrogens is 2. The molecule has 1 heterocycles. The highest BCUT2D eigenvalue weighted by Gasteiger charge is 2.11. The van der Waals surface area contributed by atoms with Crippen LogP contribution >= 0.6 is 0 Å². The first-order chi connectivity index (χ1) is 9.70. The molecule has 1 aromatic heterocycles. The van der Waals surface area contributed by atoms with E-state index >= 15 is 0 Å². The van der Waals surface area contributed by atoms with Gasteiger partial charge in [0.1, 0.15) is 0 Å². The fourth-order valence-electron chi connectivity index (χ4n) is 1.95. The van der Waals surface area contributed by atoms with Crippen molar-refractivity contribution < 1.29 is 4.42 Å². The molecule has 0 amide bonds. The van der Waals surface area contributed by atoms with Gasteiger partial charge in [-0.1, -0.05) is 36.3 Å². The third kappa shape index (κ3) is 3.81. The van der Waals surface area contributed by atoms with Crippen LogP contribution in [0.2, 0.25) is 0 Å². The lowest BCUT2D eigenvalue weighted by Crippen LogP contribution is -2.17. The van der Waals surface area contributed by atoms with Gasteiger partial charge in [0.25, 0.3) is 0 Å². The van der Waals surface area contributed by atoms with Gasteiger partial charge < -0.3 is 14.6 Å². The predicted molar refractivity (Wildman–Crippen MR) is 79.6 cm³/mol. The minimum Gasteiger partial charge on any atom is -0.407 e. The highest BCUT2D eigenvalue weighted by molar-refractivity contribution is 5.31. The number of anilines is 1. The molecule has 5 nitrogen and oxygen atoms in total. The molecule has 1 aromatic carbocycles. The number of nitrogens with zero attached hydrogens (tertiary/aromatic N) is 3. The first-order valence-corrected chi connectivity index (χ1v) is 6.99. The average molecular weight is 274 g/mol. The van der Waals surface area contributed by atoms with Crippen molar-refractivity contribution in [1.82, 2.24) is 15.5 Å². The normalized spacial score (nSPS) is 10.8. The number of nitrogens with one attached hydrogen (secondary N) is 1. The van der Waals surface area contributed by atoms with Crippen LogP contribution in [0.25, 0.3) is 0 Å². The Morgan fingerprint density at radius 1 is 1.25 bits per heavy atom. The molecule has 0 unspecified atom stereocenters. The van der Waals surface area contributed by atoms with E-state index in [0.717, 1.165) is 19.5 Å². The number of rotatable bonds is 7. The monoisotopic (exact) mass is 274 g/mol. The average Bonchev–Trinajstić information content (AvgIpc) is 2.91. The zero-order valence-electron chi connectivity index (χ0n) is 12.4. The first kappa shape index (κ1) is 14.5. The summed E-state index contributed by atoms with van der Waals surface area (Å²) >= 11 is 0. The Balaban J connectivity index is 1.96. The van der Waals surface area contributed by atoms with E-state index in [0.29, 0.717) is 18.5 Å². The molecule has 108 valence electrons. The van der Waals surface area contributed by atoms with Crippen LogP contribution in [0.5, 0.6) is 0 Å². The molecule has 0 atom stereocenters. The molecule has 0 bridgehead atoms. The topological polar surface area (TPSA) is 54.2 Å². The molecule has 2 rings (SSSR count). The Labute approximate surface area is 120 Å². The van der Waals surface area contributed by atoms with Gasteiger partial charge >= 0.3 is 6.01 Å². The van der Waals surface area contributed by atoms with Crippen molar-refractivity contribution in [3.8, 4) is 0 Å². The molecule has 0 aliphatic heterocycles. The van der Waals surface area contributed by atoms with Crippen LogP contribution in [0.15, 0.2) is 28.7 Å². The summed E-state index contributed by atoms with van der Waals surface area (Å²) in [6, 6.07) is 8.87. The summed E-state index contributed by atoms with van der Waals surface area (Å²) in [7, 11) is 1.96. The van der Waals surface area contributed by atoms with Crippen molar-refractivity contribution in [2.24, 2.45) is 0 Å². The van der Waals surface area contributed by atoms with Crippen LogP contribution in [0.4, 0.5) is 6.01 Å². The summed E-state index contributed by atoms with van der Waals surface area (Å²) in [4.78, 5) is 1.97. The summed E-state index contributed by atoms with van der Waals surface area (Å²) in [5.74, 6) is 0.630. The molecule has 0 saturated carbocycles. The minimum atomic E-state index is 0.557. The molecule has 5 heteroatoms. The lowest BCUT2D eigenvalue weighted by atomic mass is 10.1. The van der Waals surface area contributed by atoms with Gasteiger partial charge in [-0.15, -0.1) is 5.10 Å². The fourth-order valence-corrected chi connectivity index (χ4v) is 1.95. The van der Waals surface area contributed by atoms with E-state index in [9.17, 15) is 0 Å². The van der Waals surface area contributed by atoms with Crippen LogP contribution in [-0.2, 0) is 13.1 Å². The van der Waals surface area contributed by atoms with E-state index in [4.69, 9.17) is 4.42 Å². The Bertz CT molecular complexity index is 538. The van der Waals surface area contributed by atoms with Gasteiger partial charge in [-0.3, -0.25) is 0 Å². The van der Waals surface area contributed by atoms with Crippen molar-refractivity contribution in [1.29, 1.82) is 0 Å².